The van der Waals surface area contributed by atoms with Crippen molar-refractivity contribution >= 4 is 25.9 Å². The van der Waals surface area contributed by atoms with Crippen LogP contribution < -0.4 is 10.2 Å². The Labute approximate surface area is 208 Å². The molecular formula is C25H36FN5O3Si. The lowest BCUT2D eigenvalue weighted by atomic mass is 10.1. The first kappa shape index (κ1) is 26.7. The lowest BCUT2D eigenvalue weighted by Gasteiger charge is -2.36. The van der Waals surface area contributed by atoms with E-state index in [0.29, 0.717) is 55.2 Å². The van der Waals surface area contributed by atoms with Gasteiger partial charge in [0.15, 0.2) is 8.32 Å². The Kier molecular flexibility index (Phi) is 8.60. The summed E-state index contributed by atoms with van der Waals surface area (Å²) in [6.45, 7) is 12.6. The van der Waals surface area contributed by atoms with Gasteiger partial charge in [0.05, 0.1) is 25.4 Å². The number of carbonyl (C=O) groups is 1. The maximum Gasteiger partial charge on any atom is 0.225 e. The number of benzene rings is 1. The van der Waals surface area contributed by atoms with E-state index in [-0.39, 0.29) is 23.4 Å². The molecule has 35 heavy (non-hydrogen) atoms. The molecule has 0 radical (unpaired) electrons. The summed E-state index contributed by atoms with van der Waals surface area (Å²) in [5.41, 5.74) is 2.51. The van der Waals surface area contributed by atoms with E-state index in [2.05, 4.69) is 54.3 Å². The van der Waals surface area contributed by atoms with Crippen LogP contribution in [0.4, 0.5) is 10.3 Å². The average Bonchev–Trinajstić information content (AvgIpc) is 2.78. The molecule has 1 aromatic carbocycles. The van der Waals surface area contributed by atoms with Gasteiger partial charge in [-0.05, 0) is 24.6 Å². The summed E-state index contributed by atoms with van der Waals surface area (Å²) >= 11 is 0. The van der Waals surface area contributed by atoms with Gasteiger partial charge in [-0.2, -0.15) is 0 Å². The zero-order chi connectivity index (χ0) is 25.6. The fourth-order valence-corrected chi connectivity index (χ4v) is 4.11. The van der Waals surface area contributed by atoms with Crippen LogP contribution in [0.15, 0.2) is 35.7 Å². The first-order valence-corrected chi connectivity index (χ1v) is 14.8. The molecule has 1 aliphatic heterocycles. The Morgan fingerprint density at radius 3 is 2.54 bits per heavy atom. The van der Waals surface area contributed by atoms with E-state index in [1.165, 1.54) is 0 Å². The molecule has 190 valence electrons. The van der Waals surface area contributed by atoms with E-state index < -0.39 is 8.32 Å². The number of hydrogen-bond donors (Lipinski definition) is 1. The van der Waals surface area contributed by atoms with Gasteiger partial charge in [0.25, 0.3) is 0 Å². The van der Waals surface area contributed by atoms with E-state index in [9.17, 15) is 4.79 Å². The number of carbonyl (C=O) groups excluding carboxylic acids is 1. The Morgan fingerprint density at radius 2 is 1.91 bits per heavy atom. The van der Waals surface area contributed by atoms with Gasteiger partial charge in [-0.1, -0.05) is 44.1 Å². The van der Waals surface area contributed by atoms with E-state index in [0.717, 1.165) is 5.71 Å². The third kappa shape index (κ3) is 6.85. The number of nitrogens with zero attached hydrogens (tertiary/aromatic N) is 4. The Bertz CT molecular complexity index is 1050. The molecule has 1 aliphatic rings. The molecule has 0 saturated carbocycles. The summed E-state index contributed by atoms with van der Waals surface area (Å²) in [7, 11) is -0.370. The standard InChI is InChI=1S/C25H36FN5O3Si/c1-25(2,3)35(5,6)34-17-18-9-7-10-21(23(18)26)19-13-28-24(29-14-19)31-15-20(16-31)30-33-12-8-11-22(32)27-4/h7,9-10,13-14H,8,11-12,15-17H2,1-6H3,(H,27,32). The van der Waals surface area contributed by atoms with Gasteiger partial charge >= 0.3 is 0 Å². The number of nitrogens with one attached hydrogen (secondary N) is 1. The maximum absolute atomic E-state index is 15.3. The molecule has 2 aromatic rings. The van der Waals surface area contributed by atoms with Gasteiger partial charge < -0.3 is 19.5 Å². The highest BCUT2D eigenvalue weighted by molar-refractivity contribution is 6.74. The quantitative estimate of drug-likeness (QED) is 0.292. The highest BCUT2D eigenvalue weighted by Gasteiger charge is 2.37. The van der Waals surface area contributed by atoms with Crippen molar-refractivity contribution in [3.8, 4) is 11.1 Å². The summed E-state index contributed by atoms with van der Waals surface area (Å²) in [4.78, 5) is 27.2. The normalized spacial score (nSPS) is 13.9. The molecule has 2 heterocycles. The predicted octanol–water partition coefficient (Wildman–Crippen LogP) is 4.52. The molecule has 1 saturated heterocycles. The number of amides is 1. The minimum atomic E-state index is -1.98. The van der Waals surface area contributed by atoms with E-state index in [4.69, 9.17) is 9.26 Å². The zero-order valence-corrected chi connectivity index (χ0v) is 22.5. The van der Waals surface area contributed by atoms with Crippen molar-refractivity contribution in [2.75, 3.05) is 31.6 Å². The molecule has 0 aliphatic carbocycles. The van der Waals surface area contributed by atoms with Crippen LogP contribution in [-0.4, -0.2) is 56.6 Å². The van der Waals surface area contributed by atoms with Gasteiger partial charge in [-0.15, -0.1) is 0 Å². The highest BCUT2D eigenvalue weighted by atomic mass is 28.4. The van der Waals surface area contributed by atoms with Gasteiger partial charge in [-0.3, -0.25) is 4.79 Å². The molecule has 0 spiro atoms. The van der Waals surface area contributed by atoms with Crippen molar-refractivity contribution < 1.29 is 18.4 Å². The molecule has 8 nitrogen and oxygen atoms in total. The van der Waals surface area contributed by atoms with Crippen LogP contribution in [0.3, 0.4) is 0 Å². The first-order valence-electron chi connectivity index (χ1n) is 11.9. The van der Waals surface area contributed by atoms with Crippen molar-refractivity contribution in [2.24, 2.45) is 5.16 Å². The summed E-state index contributed by atoms with van der Waals surface area (Å²) in [5.74, 6) is 0.252. The topological polar surface area (TPSA) is 88.9 Å². The Hall–Kier alpha value is -2.85. The molecule has 3 rings (SSSR count). The molecule has 1 aromatic heterocycles. The number of rotatable bonds is 10. The van der Waals surface area contributed by atoms with E-state index in [1.807, 2.05) is 11.0 Å². The van der Waals surface area contributed by atoms with Crippen LogP contribution >= 0.6 is 0 Å². The van der Waals surface area contributed by atoms with Gasteiger partial charge in [-0.25, -0.2) is 14.4 Å². The van der Waals surface area contributed by atoms with E-state index >= 15 is 4.39 Å². The van der Waals surface area contributed by atoms with Crippen molar-refractivity contribution in [1.82, 2.24) is 15.3 Å². The second-order valence-electron chi connectivity index (χ2n) is 10.2. The number of aromatic nitrogens is 2. The van der Waals surface area contributed by atoms with Crippen molar-refractivity contribution in [2.45, 2.75) is 58.4 Å². The summed E-state index contributed by atoms with van der Waals surface area (Å²) in [6.07, 6.45) is 4.32. The average molecular weight is 502 g/mol. The van der Waals surface area contributed by atoms with Gasteiger partial charge in [0.2, 0.25) is 11.9 Å². The minimum Gasteiger partial charge on any atom is -0.412 e. The van der Waals surface area contributed by atoms with Crippen LogP contribution in [0.1, 0.15) is 39.2 Å². The molecule has 0 bridgehead atoms. The largest absolute Gasteiger partial charge is 0.412 e. The lowest BCUT2D eigenvalue weighted by Crippen LogP contribution is -2.48. The van der Waals surface area contributed by atoms with Crippen molar-refractivity contribution in [3.63, 3.8) is 0 Å². The lowest BCUT2D eigenvalue weighted by molar-refractivity contribution is -0.120. The van der Waals surface area contributed by atoms with Gasteiger partial charge in [0.1, 0.15) is 12.4 Å². The second kappa shape index (κ2) is 11.3. The van der Waals surface area contributed by atoms with Crippen LogP contribution in [0, 0.1) is 5.82 Å². The SMILES string of the molecule is CNC(=O)CCCON=C1CN(c2ncc(-c3cccc(CO[Si](C)(C)C(C)(C)C)c3F)cn2)C1. The second-order valence-corrected chi connectivity index (χ2v) is 15.0. The summed E-state index contributed by atoms with van der Waals surface area (Å²) in [6, 6.07) is 5.34. The van der Waals surface area contributed by atoms with Crippen LogP contribution in [0.2, 0.25) is 18.1 Å². The Morgan fingerprint density at radius 1 is 1.23 bits per heavy atom. The zero-order valence-electron chi connectivity index (χ0n) is 21.5. The monoisotopic (exact) mass is 501 g/mol. The fourth-order valence-electron chi connectivity index (χ4n) is 3.17. The fraction of sp³-hybridized carbons (Fsp3) is 0.520. The molecule has 1 N–H and O–H groups in total. The number of anilines is 1. The van der Waals surface area contributed by atoms with Crippen LogP contribution in [0.5, 0.6) is 0 Å². The number of oxime groups is 1. The number of halogens is 1. The third-order valence-corrected chi connectivity index (χ3v) is 11.0. The van der Waals surface area contributed by atoms with Gasteiger partial charge in [0, 0.05) is 42.6 Å². The van der Waals surface area contributed by atoms with Crippen LogP contribution in [0.25, 0.3) is 11.1 Å². The number of hydrogen-bond acceptors (Lipinski definition) is 7. The van der Waals surface area contributed by atoms with Crippen molar-refractivity contribution in [1.29, 1.82) is 0 Å². The predicted molar refractivity (Wildman–Crippen MR) is 138 cm³/mol. The highest BCUT2D eigenvalue weighted by Crippen LogP contribution is 2.37. The first-order chi connectivity index (χ1) is 16.5. The molecule has 0 unspecified atom stereocenters. The third-order valence-electron chi connectivity index (χ3n) is 6.56. The Balaban J connectivity index is 1.55. The molecule has 10 heteroatoms. The summed E-state index contributed by atoms with van der Waals surface area (Å²) in [5, 5.41) is 6.72. The smallest absolute Gasteiger partial charge is 0.225 e. The summed E-state index contributed by atoms with van der Waals surface area (Å²) < 4.78 is 21.5. The molecule has 1 amide bonds. The molecular weight excluding hydrogens is 465 g/mol. The minimum absolute atomic E-state index is 0.0113. The molecule has 1 fully saturated rings. The van der Waals surface area contributed by atoms with E-state index in [1.54, 1.807) is 31.6 Å². The van der Waals surface area contributed by atoms with Crippen molar-refractivity contribution in [3.05, 3.63) is 42.0 Å². The van der Waals surface area contributed by atoms with Crippen LogP contribution in [-0.2, 0) is 20.7 Å². The maximum atomic E-state index is 15.3. The molecule has 0 atom stereocenters.